The number of rotatable bonds is 9. The third-order valence-electron chi connectivity index (χ3n) is 5.56. The van der Waals surface area contributed by atoms with Crippen LogP contribution in [0.5, 0.6) is 11.5 Å². The fraction of sp³-hybridized carbons (Fsp3) is 0.545. The van der Waals surface area contributed by atoms with E-state index in [9.17, 15) is 4.79 Å². The van der Waals surface area contributed by atoms with Gasteiger partial charge in [0.2, 0.25) is 5.91 Å². The molecule has 0 spiro atoms. The molecule has 0 radical (unpaired) electrons. The van der Waals surface area contributed by atoms with Crippen LogP contribution in [0, 0.1) is 5.92 Å². The maximum atomic E-state index is 13.0. The number of methoxy groups -OCH3 is 2. The Hall–Kier alpha value is -2.16. The van der Waals surface area contributed by atoms with Gasteiger partial charge in [-0.05, 0) is 37.5 Å². The summed E-state index contributed by atoms with van der Waals surface area (Å²) in [6, 6.07) is 5.66. The minimum Gasteiger partial charge on any atom is -0.497 e. The normalized spacial score (nSPS) is 17.0. The van der Waals surface area contributed by atoms with Crippen LogP contribution in [0.3, 0.4) is 0 Å². The molecule has 30 heavy (non-hydrogen) atoms. The zero-order chi connectivity index (χ0) is 20.9. The van der Waals surface area contributed by atoms with E-state index in [1.807, 2.05) is 28.5 Å². The molecule has 1 aliphatic carbocycles. The number of aromatic nitrogens is 1. The number of nitrogens with zero attached hydrogens (tertiary/aromatic N) is 3. The van der Waals surface area contributed by atoms with Gasteiger partial charge in [-0.15, -0.1) is 11.3 Å². The lowest BCUT2D eigenvalue weighted by Crippen LogP contribution is -2.39. The van der Waals surface area contributed by atoms with Crippen LogP contribution in [0.25, 0.3) is 11.3 Å². The summed E-state index contributed by atoms with van der Waals surface area (Å²) in [6.07, 6.45) is 2.90. The number of carbonyl (C=O) groups is 1. The molecule has 0 atom stereocenters. The Kier molecular flexibility index (Phi) is 6.86. The summed E-state index contributed by atoms with van der Waals surface area (Å²) >= 11 is 1.51. The van der Waals surface area contributed by atoms with Gasteiger partial charge < -0.3 is 14.2 Å². The molecule has 1 amide bonds. The number of amides is 1. The topological polar surface area (TPSA) is 64.1 Å². The summed E-state index contributed by atoms with van der Waals surface area (Å²) in [6.45, 7) is 5.18. The highest BCUT2D eigenvalue weighted by Crippen LogP contribution is 2.38. The second-order valence-corrected chi connectivity index (χ2v) is 8.49. The SMILES string of the molecule is COc1ccc(OC)c(-c2csc(N(CCCN3CCOCC3)C(=O)C3CC3)n2)c1. The van der Waals surface area contributed by atoms with Gasteiger partial charge in [-0.25, -0.2) is 4.98 Å². The highest BCUT2D eigenvalue weighted by Gasteiger charge is 2.35. The zero-order valence-electron chi connectivity index (χ0n) is 17.6. The number of hydrogen-bond donors (Lipinski definition) is 0. The fourth-order valence-electron chi connectivity index (χ4n) is 3.65. The number of benzene rings is 1. The molecule has 1 aromatic heterocycles. The van der Waals surface area contributed by atoms with Gasteiger partial charge >= 0.3 is 0 Å². The summed E-state index contributed by atoms with van der Waals surface area (Å²) in [7, 11) is 3.29. The molecule has 1 aromatic carbocycles. The van der Waals surface area contributed by atoms with E-state index in [4.69, 9.17) is 19.2 Å². The van der Waals surface area contributed by atoms with Crippen molar-refractivity contribution in [2.75, 3.05) is 58.5 Å². The van der Waals surface area contributed by atoms with E-state index in [1.54, 1.807) is 14.2 Å². The molecule has 1 saturated carbocycles. The predicted molar refractivity (Wildman–Crippen MR) is 118 cm³/mol. The van der Waals surface area contributed by atoms with Gasteiger partial charge in [0.15, 0.2) is 5.13 Å². The largest absolute Gasteiger partial charge is 0.497 e. The molecule has 0 unspecified atom stereocenters. The standard InChI is InChI=1S/C22H29N3O4S/c1-27-17-6-7-20(28-2)18(14-17)19-15-30-22(23-19)25(21(26)16-4-5-16)9-3-8-24-10-12-29-13-11-24/h6-7,14-16H,3-5,8-13H2,1-2H3. The molecule has 2 fully saturated rings. The number of morpholine rings is 1. The second-order valence-electron chi connectivity index (χ2n) is 7.65. The number of thiazole rings is 1. The maximum absolute atomic E-state index is 13.0. The van der Waals surface area contributed by atoms with E-state index in [0.29, 0.717) is 6.54 Å². The minimum absolute atomic E-state index is 0.159. The van der Waals surface area contributed by atoms with Gasteiger partial charge in [0.1, 0.15) is 11.5 Å². The van der Waals surface area contributed by atoms with Crippen molar-refractivity contribution in [1.29, 1.82) is 0 Å². The highest BCUT2D eigenvalue weighted by atomic mass is 32.1. The van der Waals surface area contributed by atoms with Gasteiger partial charge in [-0.2, -0.15) is 0 Å². The summed E-state index contributed by atoms with van der Waals surface area (Å²) in [5.41, 5.74) is 1.67. The summed E-state index contributed by atoms with van der Waals surface area (Å²) < 4.78 is 16.3. The van der Waals surface area contributed by atoms with Crippen LogP contribution in [0.1, 0.15) is 19.3 Å². The molecule has 1 saturated heterocycles. The molecule has 0 N–H and O–H groups in total. The van der Waals surface area contributed by atoms with Crippen LogP contribution in [0.15, 0.2) is 23.6 Å². The van der Waals surface area contributed by atoms with Crippen LogP contribution in [-0.4, -0.2) is 69.4 Å². The first-order chi connectivity index (χ1) is 14.7. The van der Waals surface area contributed by atoms with Crippen molar-refractivity contribution in [3.63, 3.8) is 0 Å². The quantitative estimate of drug-likeness (QED) is 0.607. The van der Waals surface area contributed by atoms with Crippen molar-refractivity contribution in [2.24, 2.45) is 5.92 Å². The van der Waals surface area contributed by atoms with E-state index < -0.39 is 0 Å². The van der Waals surface area contributed by atoms with Gasteiger partial charge in [0.05, 0.1) is 33.1 Å². The number of hydrogen-bond acceptors (Lipinski definition) is 7. The minimum atomic E-state index is 0.159. The first kappa shape index (κ1) is 21.1. The van der Waals surface area contributed by atoms with E-state index in [-0.39, 0.29) is 11.8 Å². The Labute approximate surface area is 181 Å². The summed E-state index contributed by atoms with van der Waals surface area (Å²) in [5.74, 6) is 1.85. The molecule has 2 heterocycles. The second kappa shape index (κ2) is 9.76. The van der Waals surface area contributed by atoms with Crippen molar-refractivity contribution in [2.45, 2.75) is 19.3 Å². The Morgan fingerprint density at radius 3 is 2.77 bits per heavy atom. The number of ether oxygens (including phenoxy) is 3. The lowest BCUT2D eigenvalue weighted by molar-refractivity contribution is -0.119. The molecule has 8 heteroatoms. The highest BCUT2D eigenvalue weighted by molar-refractivity contribution is 7.14. The molecule has 2 aromatic rings. The van der Waals surface area contributed by atoms with Crippen molar-refractivity contribution in [3.05, 3.63) is 23.6 Å². The van der Waals surface area contributed by atoms with E-state index >= 15 is 0 Å². The number of anilines is 1. The molecule has 1 aliphatic heterocycles. The van der Waals surface area contributed by atoms with Gasteiger partial charge in [-0.3, -0.25) is 14.6 Å². The summed E-state index contributed by atoms with van der Waals surface area (Å²) in [5, 5.41) is 2.75. The third-order valence-corrected chi connectivity index (χ3v) is 6.42. The van der Waals surface area contributed by atoms with Crippen molar-refractivity contribution >= 4 is 22.4 Å². The molecular formula is C22H29N3O4S. The smallest absolute Gasteiger partial charge is 0.231 e. The lowest BCUT2D eigenvalue weighted by Gasteiger charge is -2.27. The third kappa shape index (κ3) is 4.94. The maximum Gasteiger partial charge on any atom is 0.231 e. The predicted octanol–water partition coefficient (Wildman–Crippen LogP) is 3.29. The molecule has 0 bridgehead atoms. The summed E-state index contributed by atoms with van der Waals surface area (Å²) in [4.78, 5) is 22.1. The average Bonchev–Trinajstić information content (AvgIpc) is 3.54. The van der Waals surface area contributed by atoms with E-state index in [0.717, 1.165) is 80.0 Å². The molecular weight excluding hydrogens is 402 g/mol. The van der Waals surface area contributed by atoms with Crippen molar-refractivity contribution in [3.8, 4) is 22.8 Å². The van der Waals surface area contributed by atoms with Crippen LogP contribution in [0.2, 0.25) is 0 Å². The van der Waals surface area contributed by atoms with Gasteiger partial charge in [-0.1, -0.05) is 0 Å². The Morgan fingerprint density at radius 2 is 2.07 bits per heavy atom. The van der Waals surface area contributed by atoms with Crippen LogP contribution in [0.4, 0.5) is 5.13 Å². The van der Waals surface area contributed by atoms with Crippen LogP contribution >= 0.6 is 11.3 Å². The van der Waals surface area contributed by atoms with E-state index in [1.165, 1.54) is 11.3 Å². The van der Waals surface area contributed by atoms with Crippen molar-refractivity contribution < 1.29 is 19.0 Å². The number of carbonyl (C=O) groups excluding carboxylic acids is 1. The molecule has 7 nitrogen and oxygen atoms in total. The Bertz CT molecular complexity index is 862. The van der Waals surface area contributed by atoms with Gasteiger partial charge in [0, 0.05) is 43.0 Å². The first-order valence-corrected chi connectivity index (χ1v) is 11.4. The molecule has 4 rings (SSSR count). The average molecular weight is 432 g/mol. The monoisotopic (exact) mass is 431 g/mol. The lowest BCUT2D eigenvalue weighted by atomic mass is 10.1. The molecule has 162 valence electrons. The fourth-order valence-corrected chi connectivity index (χ4v) is 4.51. The van der Waals surface area contributed by atoms with E-state index in [2.05, 4.69) is 4.90 Å². The van der Waals surface area contributed by atoms with Gasteiger partial charge in [0.25, 0.3) is 0 Å². The zero-order valence-corrected chi connectivity index (χ0v) is 18.5. The Morgan fingerprint density at radius 1 is 1.27 bits per heavy atom. The van der Waals surface area contributed by atoms with Crippen molar-refractivity contribution in [1.82, 2.24) is 9.88 Å². The van der Waals surface area contributed by atoms with Crippen LogP contribution in [-0.2, 0) is 9.53 Å². The van der Waals surface area contributed by atoms with Crippen LogP contribution < -0.4 is 14.4 Å². The molecule has 2 aliphatic rings. The Balaban J connectivity index is 1.50. The first-order valence-electron chi connectivity index (χ1n) is 10.5.